The molecule has 3 aromatic rings. The molecule has 5 heteroatoms. The molecular formula is C23H23N3O2. The minimum Gasteiger partial charge on any atom is -0.399 e. The Balaban J connectivity index is 1.86. The van der Waals surface area contributed by atoms with Gasteiger partial charge in [-0.1, -0.05) is 44.2 Å². The van der Waals surface area contributed by atoms with Gasteiger partial charge in [0.05, 0.1) is 0 Å². The summed E-state index contributed by atoms with van der Waals surface area (Å²) in [5.74, 6) is -0.993. The van der Waals surface area contributed by atoms with E-state index in [9.17, 15) is 9.59 Å². The zero-order chi connectivity index (χ0) is 20.1. The first kappa shape index (κ1) is 19.2. The highest BCUT2D eigenvalue weighted by atomic mass is 16.2. The lowest BCUT2D eigenvalue weighted by molar-refractivity contribution is -0.134. The van der Waals surface area contributed by atoms with Crippen molar-refractivity contribution < 1.29 is 9.59 Å². The van der Waals surface area contributed by atoms with Crippen molar-refractivity contribution in [2.75, 3.05) is 16.0 Å². The van der Waals surface area contributed by atoms with E-state index in [1.807, 2.05) is 30.3 Å². The van der Waals surface area contributed by atoms with Crippen molar-refractivity contribution in [2.45, 2.75) is 19.8 Å². The van der Waals surface area contributed by atoms with Crippen molar-refractivity contribution in [2.24, 2.45) is 0 Å². The fraction of sp³-hybridized carbons (Fsp3) is 0.130. The van der Waals surface area contributed by atoms with Crippen molar-refractivity contribution >= 4 is 34.6 Å². The lowest BCUT2D eigenvalue weighted by atomic mass is 10.0. The molecule has 0 spiro atoms. The first-order valence-electron chi connectivity index (χ1n) is 9.11. The summed E-state index contributed by atoms with van der Waals surface area (Å²) in [6, 6.07) is 23.3. The van der Waals surface area contributed by atoms with Gasteiger partial charge < -0.3 is 11.1 Å². The van der Waals surface area contributed by atoms with E-state index in [2.05, 4.69) is 19.2 Å². The Morgan fingerprint density at radius 3 is 1.96 bits per heavy atom. The molecule has 0 fully saturated rings. The van der Waals surface area contributed by atoms with E-state index >= 15 is 0 Å². The minimum atomic E-state index is -0.710. The van der Waals surface area contributed by atoms with Crippen LogP contribution in [0.1, 0.15) is 25.3 Å². The number of hydrogen-bond acceptors (Lipinski definition) is 3. The molecule has 3 aromatic carbocycles. The number of anilines is 4. The monoisotopic (exact) mass is 373 g/mol. The summed E-state index contributed by atoms with van der Waals surface area (Å²) in [5.41, 5.74) is 9.24. The zero-order valence-corrected chi connectivity index (χ0v) is 15.9. The standard InChI is InChI=1S/C23H23N3O2/c1-16(2)17-8-12-19(13-9-17)25-22(27)23(28)26(20-6-4-3-5-7-20)21-14-10-18(24)11-15-21/h3-16H,24H2,1-2H3,(H,25,27). The maximum atomic E-state index is 13.0. The SMILES string of the molecule is CC(C)c1ccc(NC(=O)C(=O)N(c2ccccc2)c2ccc(N)cc2)cc1. The molecule has 0 unspecified atom stereocenters. The summed E-state index contributed by atoms with van der Waals surface area (Å²) in [7, 11) is 0. The third-order valence-corrected chi connectivity index (χ3v) is 4.40. The summed E-state index contributed by atoms with van der Waals surface area (Å²) < 4.78 is 0. The molecule has 0 aliphatic carbocycles. The van der Waals surface area contributed by atoms with E-state index in [0.29, 0.717) is 28.7 Å². The number of benzene rings is 3. The number of nitrogens with one attached hydrogen (secondary N) is 1. The fourth-order valence-electron chi connectivity index (χ4n) is 2.82. The van der Waals surface area contributed by atoms with E-state index in [1.54, 1.807) is 48.5 Å². The molecule has 0 radical (unpaired) electrons. The van der Waals surface area contributed by atoms with Crippen molar-refractivity contribution in [3.05, 3.63) is 84.4 Å². The van der Waals surface area contributed by atoms with Gasteiger partial charge in [-0.2, -0.15) is 0 Å². The smallest absolute Gasteiger partial charge is 0.321 e. The van der Waals surface area contributed by atoms with Crippen LogP contribution in [0.4, 0.5) is 22.7 Å². The van der Waals surface area contributed by atoms with Gasteiger partial charge in [0, 0.05) is 22.7 Å². The van der Waals surface area contributed by atoms with Crippen LogP contribution < -0.4 is 16.0 Å². The fourth-order valence-corrected chi connectivity index (χ4v) is 2.82. The molecule has 0 saturated carbocycles. The molecule has 5 nitrogen and oxygen atoms in total. The Kier molecular flexibility index (Phi) is 5.75. The molecule has 0 saturated heterocycles. The number of hydrogen-bond donors (Lipinski definition) is 2. The van der Waals surface area contributed by atoms with E-state index in [4.69, 9.17) is 5.73 Å². The number of carbonyl (C=O) groups excluding carboxylic acids is 2. The van der Waals surface area contributed by atoms with Gasteiger partial charge in [0.1, 0.15) is 0 Å². The number of nitrogens with zero attached hydrogens (tertiary/aromatic N) is 1. The quantitative estimate of drug-likeness (QED) is 0.514. The molecule has 142 valence electrons. The number of rotatable bonds is 4. The normalized spacial score (nSPS) is 10.5. The predicted molar refractivity (Wildman–Crippen MR) is 114 cm³/mol. The second-order valence-electron chi connectivity index (χ2n) is 6.80. The van der Waals surface area contributed by atoms with Crippen molar-refractivity contribution in [1.82, 2.24) is 0 Å². The Bertz CT molecular complexity index is 949. The number of carbonyl (C=O) groups is 2. The first-order chi connectivity index (χ1) is 13.5. The van der Waals surface area contributed by atoms with Crippen LogP contribution >= 0.6 is 0 Å². The van der Waals surface area contributed by atoms with Crippen LogP contribution in [-0.4, -0.2) is 11.8 Å². The molecule has 0 atom stereocenters. The largest absolute Gasteiger partial charge is 0.399 e. The van der Waals surface area contributed by atoms with Gasteiger partial charge in [-0.05, 0) is 60.0 Å². The van der Waals surface area contributed by atoms with Gasteiger partial charge in [-0.25, -0.2) is 0 Å². The van der Waals surface area contributed by atoms with Gasteiger partial charge in [0.2, 0.25) is 0 Å². The second kappa shape index (κ2) is 8.39. The van der Waals surface area contributed by atoms with Gasteiger partial charge >= 0.3 is 11.8 Å². The Morgan fingerprint density at radius 2 is 1.39 bits per heavy atom. The van der Waals surface area contributed by atoms with Crippen LogP contribution in [0.3, 0.4) is 0 Å². The number of amides is 2. The molecule has 28 heavy (non-hydrogen) atoms. The summed E-state index contributed by atoms with van der Waals surface area (Å²) in [6.07, 6.45) is 0. The molecule has 0 bridgehead atoms. The number of nitrogens with two attached hydrogens (primary N) is 1. The Morgan fingerprint density at radius 1 is 0.821 bits per heavy atom. The van der Waals surface area contributed by atoms with Crippen LogP contribution in [0, 0.1) is 0 Å². The number of nitrogen functional groups attached to an aromatic ring is 1. The van der Waals surface area contributed by atoms with Gasteiger partial charge in [0.25, 0.3) is 0 Å². The molecular weight excluding hydrogens is 350 g/mol. The molecule has 0 aromatic heterocycles. The third kappa shape index (κ3) is 4.38. The lowest BCUT2D eigenvalue weighted by Crippen LogP contribution is -2.36. The van der Waals surface area contributed by atoms with Gasteiger partial charge in [-0.3, -0.25) is 14.5 Å². The Labute approximate surface area is 164 Å². The topological polar surface area (TPSA) is 75.4 Å². The maximum Gasteiger partial charge on any atom is 0.321 e. The van der Waals surface area contributed by atoms with Gasteiger partial charge in [-0.15, -0.1) is 0 Å². The highest BCUT2D eigenvalue weighted by Gasteiger charge is 2.25. The summed E-state index contributed by atoms with van der Waals surface area (Å²) in [4.78, 5) is 27.0. The maximum absolute atomic E-state index is 13.0. The van der Waals surface area contributed by atoms with Crippen LogP contribution in [0.25, 0.3) is 0 Å². The van der Waals surface area contributed by atoms with Crippen molar-refractivity contribution in [1.29, 1.82) is 0 Å². The minimum absolute atomic E-state index is 0.394. The summed E-state index contributed by atoms with van der Waals surface area (Å²) in [5, 5.41) is 2.68. The highest BCUT2D eigenvalue weighted by molar-refractivity contribution is 6.45. The molecule has 3 N–H and O–H groups in total. The van der Waals surface area contributed by atoms with Crippen LogP contribution in [0.15, 0.2) is 78.9 Å². The lowest BCUT2D eigenvalue weighted by Gasteiger charge is -2.22. The van der Waals surface area contributed by atoms with E-state index in [0.717, 1.165) is 5.56 Å². The van der Waals surface area contributed by atoms with E-state index in [-0.39, 0.29) is 0 Å². The number of para-hydroxylation sites is 1. The average Bonchev–Trinajstić information content (AvgIpc) is 2.70. The second-order valence-corrected chi connectivity index (χ2v) is 6.80. The summed E-state index contributed by atoms with van der Waals surface area (Å²) >= 11 is 0. The van der Waals surface area contributed by atoms with Gasteiger partial charge in [0.15, 0.2) is 0 Å². The van der Waals surface area contributed by atoms with Crippen molar-refractivity contribution in [3.8, 4) is 0 Å². The Hall–Kier alpha value is -3.60. The molecule has 0 aliphatic heterocycles. The highest BCUT2D eigenvalue weighted by Crippen LogP contribution is 2.26. The molecule has 2 amide bonds. The summed E-state index contributed by atoms with van der Waals surface area (Å²) in [6.45, 7) is 4.20. The average molecular weight is 373 g/mol. The third-order valence-electron chi connectivity index (χ3n) is 4.40. The van der Waals surface area contributed by atoms with Crippen LogP contribution in [-0.2, 0) is 9.59 Å². The van der Waals surface area contributed by atoms with E-state index < -0.39 is 11.8 Å². The first-order valence-corrected chi connectivity index (χ1v) is 9.11. The molecule has 0 heterocycles. The molecule has 0 aliphatic rings. The van der Waals surface area contributed by atoms with Crippen LogP contribution in [0.5, 0.6) is 0 Å². The predicted octanol–water partition coefficient (Wildman–Crippen LogP) is 4.70. The van der Waals surface area contributed by atoms with Crippen molar-refractivity contribution in [3.63, 3.8) is 0 Å². The zero-order valence-electron chi connectivity index (χ0n) is 15.9. The van der Waals surface area contributed by atoms with E-state index in [1.165, 1.54) is 4.90 Å². The van der Waals surface area contributed by atoms with Crippen LogP contribution in [0.2, 0.25) is 0 Å². The molecule has 3 rings (SSSR count).